The first-order valence-corrected chi connectivity index (χ1v) is 10.1. The number of H-pyrrole nitrogens is 1. The van der Waals surface area contributed by atoms with Crippen LogP contribution in [0.4, 0.5) is 15.9 Å². The third-order valence-corrected chi connectivity index (χ3v) is 5.56. The third-order valence-electron chi connectivity index (χ3n) is 4.45. The lowest BCUT2D eigenvalue weighted by Gasteiger charge is -2.09. The second-order valence-corrected chi connectivity index (χ2v) is 8.27. The van der Waals surface area contributed by atoms with Crippen LogP contribution in [0, 0.1) is 6.92 Å². The summed E-state index contributed by atoms with van der Waals surface area (Å²) in [5.41, 5.74) is 2.77. The minimum absolute atomic E-state index is 0.187. The Morgan fingerprint density at radius 2 is 2.07 bits per heavy atom. The number of aromatic nitrogens is 5. The average Bonchev–Trinajstić information content (AvgIpc) is 3.24. The van der Waals surface area contributed by atoms with Gasteiger partial charge in [0.1, 0.15) is 12.2 Å². The summed E-state index contributed by atoms with van der Waals surface area (Å²) in [6.45, 7) is 1.53. The molecule has 27 heavy (non-hydrogen) atoms. The number of halogens is 1. The van der Waals surface area contributed by atoms with E-state index in [4.69, 9.17) is 0 Å². The maximum Gasteiger partial charge on any atom is 0.175 e. The van der Waals surface area contributed by atoms with Crippen molar-refractivity contribution in [2.24, 2.45) is 0 Å². The molecular formula is C17H17FN6O2S. The standard InChI is InChI=1S/C17H17FN6O2S/c1-10-15(9-20-24(10)6-5-18)22-17-16-13(8-19-23-16)12-7-11(27(2,25)26)3-4-14(12)21-17/h3-4,7-9H,5-6H2,1-2H3,(H,19,23)(H,21,22). The van der Waals surface area contributed by atoms with Gasteiger partial charge >= 0.3 is 0 Å². The zero-order valence-electron chi connectivity index (χ0n) is 14.7. The molecule has 10 heteroatoms. The van der Waals surface area contributed by atoms with Gasteiger partial charge < -0.3 is 5.32 Å². The number of pyridine rings is 1. The van der Waals surface area contributed by atoms with E-state index in [-0.39, 0.29) is 11.4 Å². The third kappa shape index (κ3) is 3.01. The molecule has 0 saturated carbocycles. The van der Waals surface area contributed by atoms with Gasteiger partial charge in [0.25, 0.3) is 0 Å². The topological polar surface area (TPSA) is 106 Å². The van der Waals surface area contributed by atoms with Crippen molar-refractivity contribution in [3.63, 3.8) is 0 Å². The summed E-state index contributed by atoms with van der Waals surface area (Å²) in [5.74, 6) is 0.532. The molecular weight excluding hydrogens is 371 g/mol. The SMILES string of the molecule is Cc1c(Nc2nc3ccc(S(C)(=O)=O)cc3c3cn[nH]c23)cnn1CCF. The normalized spacial score (nSPS) is 12.1. The van der Waals surface area contributed by atoms with E-state index in [0.29, 0.717) is 27.9 Å². The van der Waals surface area contributed by atoms with Crippen molar-refractivity contribution in [2.75, 3.05) is 18.2 Å². The number of nitrogens with one attached hydrogen (secondary N) is 2. The lowest BCUT2D eigenvalue weighted by molar-refractivity contribution is 0.423. The fourth-order valence-electron chi connectivity index (χ4n) is 3.00. The lowest BCUT2D eigenvalue weighted by Crippen LogP contribution is -2.04. The molecule has 3 aromatic heterocycles. The Kier molecular flexibility index (Phi) is 4.06. The largest absolute Gasteiger partial charge is 0.336 e. The van der Waals surface area contributed by atoms with Gasteiger partial charge in [-0.1, -0.05) is 0 Å². The van der Waals surface area contributed by atoms with Crippen molar-refractivity contribution < 1.29 is 12.8 Å². The van der Waals surface area contributed by atoms with E-state index in [9.17, 15) is 12.8 Å². The van der Waals surface area contributed by atoms with Crippen molar-refractivity contribution >= 4 is 43.1 Å². The lowest BCUT2D eigenvalue weighted by atomic mass is 10.1. The highest BCUT2D eigenvalue weighted by molar-refractivity contribution is 7.90. The van der Waals surface area contributed by atoms with Gasteiger partial charge in [-0.25, -0.2) is 17.8 Å². The smallest absolute Gasteiger partial charge is 0.175 e. The van der Waals surface area contributed by atoms with Crippen LogP contribution in [-0.2, 0) is 16.4 Å². The molecule has 4 rings (SSSR count). The number of benzene rings is 1. The van der Waals surface area contributed by atoms with Gasteiger partial charge in [-0.3, -0.25) is 9.78 Å². The number of aryl methyl sites for hydroxylation is 1. The Morgan fingerprint density at radius 3 is 2.81 bits per heavy atom. The van der Waals surface area contributed by atoms with Gasteiger partial charge in [0, 0.05) is 17.0 Å². The van der Waals surface area contributed by atoms with Crippen molar-refractivity contribution in [1.82, 2.24) is 25.0 Å². The summed E-state index contributed by atoms with van der Waals surface area (Å²) in [5, 5.41) is 15.8. The van der Waals surface area contributed by atoms with Gasteiger partial charge in [-0.05, 0) is 25.1 Å². The van der Waals surface area contributed by atoms with Crippen molar-refractivity contribution in [2.45, 2.75) is 18.4 Å². The molecule has 0 spiro atoms. The first-order valence-electron chi connectivity index (χ1n) is 8.21. The number of rotatable bonds is 5. The molecule has 3 heterocycles. The number of hydrogen-bond acceptors (Lipinski definition) is 6. The van der Waals surface area contributed by atoms with Crippen LogP contribution < -0.4 is 5.32 Å². The summed E-state index contributed by atoms with van der Waals surface area (Å²) in [6.07, 6.45) is 4.42. The van der Waals surface area contributed by atoms with E-state index in [0.717, 1.165) is 11.1 Å². The van der Waals surface area contributed by atoms with E-state index >= 15 is 0 Å². The quantitative estimate of drug-likeness (QED) is 0.545. The predicted molar refractivity (Wildman–Crippen MR) is 101 cm³/mol. The maximum atomic E-state index is 12.6. The van der Waals surface area contributed by atoms with E-state index in [2.05, 4.69) is 25.6 Å². The maximum absolute atomic E-state index is 12.6. The van der Waals surface area contributed by atoms with Crippen LogP contribution in [0.1, 0.15) is 5.69 Å². The number of sulfone groups is 1. The molecule has 0 amide bonds. The van der Waals surface area contributed by atoms with Crippen LogP contribution in [0.25, 0.3) is 21.8 Å². The molecule has 0 aliphatic rings. The van der Waals surface area contributed by atoms with E-state index in [1.807, 2.05) is 6.92 Å². The number of aromatic amines is 1. The highest BCUT2D eigenvalue weighted by Gasteiger charge is 2.15. The highest BCUT2D eigenvalue weighted by Crippen LogP contribution is 2.31. The molecule has 2 N–H and O–H groups in total. The molecule has 8 nitrogen and oxygen atoms in total. The second kappa shape index (κ2) is 6.31. The zero-order valence-corrected chi connectivity index (χ0v) is 15.5. The minimum Gasteiger partial charge on any atom is -0.336 e. The Balaban J connectivity index is 1.85. The number of nitrogens with zero attached hydrogens (tertiary/aromatic N) is 4. The molecule has 0 atom stereocenters. The van der Waals surface area contributed by atoms with Gasteiger partial charge in [0.05, 0.1) is 40.7 Å². The van der Waals surface area contributed by atoms with Crippen LogP contribution in [0.2, 0.25) is 0 Å². The summed E-state index contributed by atoms with van der Waals surface area (Å²) in [4.78, 5) is 4.83. The van der Waals surface area contributed by atoms with E-state index < -0.39 is 16.5 Å². The van der Waals surface area contributed by atoms with Gasteiger partial charge in [-0.2, -0.15) is 10.2 Å². The first-order chi connectivity index (χ1) is 12.9. The molecule has 0 radical (unpaired) electrons. The molecule has 140 valence electrons. The Morgan fingerprint density at radius 1 is 1.26 bits per heavy atom. The summed E-state index contributed by atoms with van der Waals surface area (Å²) >= 11 is 0. The number of hydrogen-bond donors (Lipinski definition) is 2. The van der Waals surface area contributed by atoms with Gasteiger partial charge in [-0.15, -0.1) is 0 Å². The molecule has 0 saturated heterocycles. The predicted octanol–water partition coefficient (Wildman–Crippen LogP) is 2.73. The summed E-state index contributed by atoms with van der Waals surface area (Å²) in [6, 6.07) is 4.80. The molecule has 0 aliphatic carbocycles. The van der Waals surface area contributed by atoms with Crippen LogP contribution in [-0.4, -0.2) is 46.3 Å². The van der Waals surface area contributed by atoms with Gasteiger partial charge in [0.2, 0.25) is 0 Å². The van der Waals surface area contributed by atoms with Crippen molar-refractivity contribution in [3.8, 4) is 0 Å². The molecule has 0 bridgehead atoms. The molecule has 0 unspecified atom stereocenters. The van der Waals surface area contributed by atoms with Crippen LogP contribution in [0.15, 0.2) is 35.5 Å². The zero-order chi connectivity index (χ0) is 19.2. The summed E-state index contributed by atoms with van der Waals surface area (Å²) in [7, 11) is -3.33. The fraction of sp³-hybridized carbons (Fsp3) is 0.235. The molecule has 0 fully saturated rings. The number of alkyl halides is 1. The molecule has 4 aromatic rings. The monoisotopic (exact) mass is 388 g/mol. The van der Waals surface area contributed by atoms with Crippen LogP contribution in [0.3, 0.4) is 0 Å². The van der Waals surface area contributed by atoms with Gasteiger partial charge in [0.15, 0.2) is 15.7 Å². The molecule has 0 aliphatic heterocycles. The first kappa shape index (κ1) is 17.4. The average molecular weight is 388 g/mol. The van der Waals surface area contributed by atoms with E-state index in [1.54, 1.807) is 29.2 Å². The molecule has 1 aromatic carbocycles. The number of fused-ring (bicyclic) bond motifs is 3. The summed E-state index contributed by atoms with van der Waals surface area (Å²) < 4.78 is 37.9. The van der Waals surface area contributed by atoms with Crippen LogP contribution >= 0.6 is 0 Å². The Bertz CT molecular complexity index is 1260. The Labute approximate surface area is 154 Å². The van der Waals surface area contributed by atoms with Crippen molar-refractivity contribution in [1.29, 1.82) is 0 Å². The Hall–Kier alpha value is -3.01. The van der Waals surface area contributed by atoms with Crippen molar-refractivity contribution in [3.05, 3.63) is 36.3 Å². The minimum atomic E-state index is -3.33. The highest BCUT2D eigenvalue weighted by atomic mass is 32.2. The fourth-order valence-corrected chi connectivity index (χ4v) is 3.65. The second-order valence-electron chi connectivity index (χ2n) is 6.25. The van der Waals surface area contributed by atoms with Crippen LogP contribution in [0.5, 0.6) is 0 Å². The number of anilines is 2. The van der Waals surface area contributed by atoms with E-state index in [1.165, 1.54) is 12.3 Å².